The quantitative estimate of drug-likeness (QED) is 0.506. The van der Waals surface area contributed by atoms with Crippen LogP contribution in [0.25, 0.3) is 5.65 Å². The van der Waals surface area contributed by atoms with Crippen molar-refractivity contribution in [2.45, 2.75) is 38.2 Å². The van der Waals surface area contributed by atoms with Gasteiger partial charge in [0, 0.05) is 25.5 Å². The summed E-state index contributed by atoms with van der Waals surface area (Å²) in [5, 5.41) is 0. The summed E-state index contributed by atoms with van der Waals surface area (Å²) >= 11 is 0. The van der Waals surface area contributed by atoms with Crippen LogP contribution in [0.5, 0.6) is 5.75 Å². The molecule has 1 aliphatic heterocycles. The monoisotopic (exact) mass is 457 g/mol. The van der Waals surface area contributed by atoms with Crippen molar-refractivity contribution in [2.24, 2.45) is 5.92 Å². The minimum atomic E-state index is -3.60. The van der Waals surface area contributed by atoms with Crippen LogP contribution in [0.2, 0.25) is 0 Å². The highest BCUT2D eigenvalue weighted by Crippen LogP contribution is 2.26. The fraction of sp³-hybridized carbons (Fsp3) is 0.391. The third kappa shape index (κ3) is 4.63. The normalized spacial score (nSPS) is 15.7. The molecule has 0 bridgehead atoms. The second kappa shape index (κ2) is 9.30. The van der Waals surface area contributed by atoms with Crippen LogP contribution in [0.15, 0.2) is 53.7 Å². The predicted octanol–water partition coefficient (Wildman–Crippen LogP) is 3.19. The Balaban J connectivity index is 1.32. The molecule has 170 valence electrons. The van der Waals surface area contributed by atoms with E-state index in [2.05, 4.69) is 4.98 Å². The summed E-state index contributed by atoms with van der Waals surface area (Å²) < 4.78 is 40.0. The first-order valence-corrected chi connectivity index (χ1v) is 12.2. The molecule has 0 atom stereocenters. The first kappa shape index (κ1) is 22.3. The van der Waals surface area contributed by atoms with Crippen LogP contribution in [-0.2, 0) is 26.2 Å². The standard InChI is InChI=1S/C23H27N3O5S/c1-3-30-20-6-8-21(9-7-20)32(28,29)26-13-10-18(11-14-26)23(27)31-16-19-15-25-12-4-5-17(2)22(25)24-19/h4-9,12,15,18H,3,10-11,13-14,16H2,1-2H3. The van der Waals surface area contributed by atoms with Crippen LogP contribution in [0.4, 0.5) is 0 Å². The number of imidazole rings is 1. The molecule has 0 aliphatic carbocycles. The largest absolute Gasteiger partial charge is 0.494 e. The molecule has 0 radical (unpaired) electrons. The fourth-order valence-electron chi connectivity index (χ4n) is 3.89. The molecule has 0 spiro atoms. The van der Waals surface area contributed by atoms with Gasteiger partial charge in [-0.25, -0.2) is 13.4 Å². The number of aryl methyl sites for hydroxylation is 1. The van der Waals surface area contributed by atoms with Crippen molar-refractivity contribution in [1.29, 1.82) is 0 Å². The molecule has 1 aliphatic rings. The first-order valence-electron chi connectivity index (χ1n) is 10.7. The van der Waals surface area contributed by atoms with Crippen molar-refractivity contribution in [2.75, 3.05) is 19.7 Å². The smallest absolute Gasteiger partial charge is 0.309 e. The van der Waals surface area contributed by atoms with Crippen LogP contribution in [-0.4, -0.2) is 47.8 Å². The molecule has 1 aromatic carbocycles. The Morgan fingerprint density at radius 1 is 1.16 bits per heavy atom. The van der Waals surface area contributed by atoms with Crippen LogP contribution in [0.1, 0.15) is 31.0 Å². The number of aromatic nitrogens is 2. The number of carbonyl (C=O) groups excluding carboxylic acids is 1. The molecule has 2 aromatic heterocycles. The molecule has 1 saturated heterocycles. The van der Waals surface area contributed by atoms with Gasteiger partial charge in [0.25, 0.3) is 0 Å². The van der Waals surface area contributed by atoms with Gasteiger partial charge < -0.3 is 13.9 Å². The van der Waals surface area contributed by atoms with Gasteiger partial charge in [0.15, 0.2) is 0 Å². The number of carbonyl (C=O) groups is 1. The lowest BCUT2D eigenvalue weighted by Crippen LogP contribution is -2.40. The maximum atomic E-state index is 12.9. The Labute approximate surface area is 187 Å². The van der Waals surface area contributed by atoms with Gasteiger partial charge in [0.2, 0.25) is 10.0 Å². The number of rotatable bonds is 7. The molecule has 0 amide bonds. The molecular formula is C23H27N3O5S. The second-order valence-corrected chi connectivity index (χ2v) is 9.78. The number of sulfonamides is 1. The van der Waals surface area contributed by atoms with Crippen LogP contribution in [0, 0.1) is 12.8 Å². The van der Waals surface area contributed by atoms with Gasteiger partial charge in [0.1, 0.15) is 18.0 Å². The maximum absolute atomic E-state index is 12.9. The summed E-state index contributed by atoms with van der Waals surface area (Å²) in [4.78, 5) is 17.3. The Hall–Kier alpha value is -2.91. The van der Waals surface area contributed by atoms with Crippen LogP contribution < -0.4 is 4.74 Å². The van der Waals surface area contributed by atoms with E-state index < -0.39 is 10.0 Å². The van der Waals surface area contributed by atoms with E-state index in [1.54, 1.807) is 24.3 Å². The van der Waals surface area contributed by atoms with E-state index in [0.717, 1.165) is 11.2 Å². The lowest BCUT2D eigenvalue weighted by Gasteiger charge is -2.30. The van der Waals surface area contributed by atoms with Gasteiger partial charge in [-0.3, -0.25) is 4.79 Å². The van der Waals surface area contributed by atoms with Crippen LogP contribution in [0.3, 0.4) is 0 Å². The number of hydrogen-bond acceptors (Lipinski definition) is 6. The highest BCUT2D eigenvalue weighted by Gasteiger charge is 2.33. The SMILES string of the molecule is CCOc1ccc(S(=O)(=O)N2CCC(C(=O)OCc3cn4cccc(C)c4n3)CC2)cc1. The number of pyridine rings is 1. The molecule has 0 unspecified atom stereocenters. The van der Waals surface area contributed by atoms with Crippen LogP contribution >= 0.6 is 0 Å². The van der Waals surface area contributed by atoms with Crippen molar-refractivity contribution in [3.05, 3.63) is 60.0 Å². The number of esters is 1. The number of fused-ring (bicyclic) bond motifs is 1. The van der Waals surface area contributed by atoms with Crippen molar-refractivity contribution < 1.29 is 22.7 Å². The van der Waals surface area contributed by atoms with Gasteiger partial charge in [0.05, 0.1) is 23.1 Å². The summed E-state index contributed by atoms with van der Waals surface area (Å²) in [7, 11) is -3.60. The summed E-state index contributed by atoms with van der Waals surface area (Å²) in [6.07, 6.45) is 4.61. The van der Waals surface area contributed by atoms with Crippen molar-refractivity contribution in [1.82, 2.24) is 13.7 Å². The molecule has 0 saturated carbocycles. The third-order valence-corrected chi connectivity index (χ3v) is 7.56. The molecule has 0 N–H and O–H groups in total. The Morgan fingerprint density at radius 3 is 2.53 bits per heavy atom. The van der Waals surface area contributed by atoms with E-state index in [1.165, 1.54) is 4.31 Å². The number of piperidine rings is 1. The molecule has 32 heavy (non-hydrogen) atoms. The zero-order valence-electron chi connectivity index (χ0n) is 18.2. The average molecular weight is 458 g/mol. The van der Waals surface area contributed by atoms with Crippen molar-refractivity contribution in [3.63, 3.8) is 0 Å². The van der Waals surface area contributed by atoms with E-state index in [9.17, 15) is 13.2 Å². The molecular weight excluding hydrogens is 430 g/mol. The second-order valence-electron chi connectivity index (χ2n) is 7.84. The Bertz CT molecular complexity index is 1200. The molecule has 8 nitrogen and oxygen atoms in total. The highest BCUT2D eigenvalue weighted by atomic mass is 32.2. The molecule has 9 heteroatoms. The first-order chi connectivity index (χ1) is 15.4. The summed E-state index contributed by atoms with van der Waals surface area (Å²) in [6.45, 7) is 5.04. The highest BCUT2D eigenvalue weighted by molar-refractivity contribution is 7.89. The van der Waals surface area contributed by atoms with E-state index in [0.29, 0.717) is 30.9 Å². The molecule has 4 rings (SSSR count). The van der Waals surface area contributed by atoms with E-state index >= 15 is 0 Å². The predicted molar refractivity (Wildman–Crippen MR) is 119 cm³/mol. The summed E-state index contributed by atoms with van der Waals surface area (Å²) in [6, 6.07) is 10.3. The minimum Gasteiger partial charge on any atom is -0.494 e. The maximum Gasteiger partial charge on any atom is 0.309 e. The van der Waals surface area contributed by atoms with Gasteiger partial charge >= 0.3 is 5.97 Å². The zero-order chi connectivity index (χ0) is 22.7. The number of nitrogens with zero attached hydrogens (tertiary/aromatic N) is 3. The van der Waals surface area contributed by atoms with Crippen molar-refractivity contribution in [3.8, 4) is 5.75 Å². The topological polar surface area (TPSA) is 90.2 Å². The third-order valence-electron chi connectivity index (χ3n) is 5.65. The van der Waals surface area contributed by atoms with E-state index in [-0.39, 0.29) is 36.5 Å². The lowest BCUT2D eigenvalue weighted by atomic mass is 9.98. The fourth-order valence-corrected chi connectivity index (χ4v) is 5.36. The molecule has 1 fully saturated rings. The Kier molecular flexibility index (Phi) is 6.48. The molecule has 3 aromatic rings. The molecule has 3 heterocycles. The number of hydrogen-bond donors (Lipinski definition) is 0. The average Bonchev–Trinajstić information content (AvgIpc) is 3.23. The lowest BCUT2D eigenvalue weighted by molar-refractivity contribution is -0.151. The number of ether oxygens (including phenoxy) is 2. The number of benzene rings is 1. The van der Waals surface area contributed by atoms with Crippen molar-refractivity contribution >= 4 is 21.6 Å². The van der Waals surface area contributed by atoms with Gasteiger partial charge in [-0.05, 0) is 62.6 Å². The van der Waals surface area contributed by atoms with Gasteiger partial charge in [-0.2, -0.15) is 4.31 Å². The van der Waals surface area contributed by atoms with Gasteiger partial charge in [-0.15, -0.1) is 0 Å². The zero-order valence-corrected chi connectivity index (χ0v) is 19.0. The van der Waals surface area contributed by atoms with E-state index in [4.69, 9.17) is 9.47 Å². The van der Waals surface area contributed by atoms with Gasteiger partial charge in [-0.1, -0.05) is 6.07 Å². The summed E-state index contributed by atoms with van der Waals surface area (Å²) in [5.41, 5.74) is 2.57. The minimum absolute atomic E-state index is 0.102. The van der Waals surface area contributed by atoms with E-state index in [1.807, 2.05) is 42.8 Å². The Morgan fingerprint density at radius 2 is 1.88 bits per heavy atom. The summed E-state index contributed by atoms with van der Waals surface area (Å²) in [5.74, 6) is 0.00566.